The van der Waals surface area contributed by atoms with Gasteiger partial charge in [-0.2, -0.15) is 0 Å². The quantitative estimate of drug-likeness (QED) is 0.774. The van der Waals surface area contributed by atoms with E-state index in [1.54, 1.807) is 10.9 Å². The zero-order valence-corrected chi connectivity index (χ0v) is 15.6. The van der Waals surface area contributed by atoms with Crippen LogP contribution in [0.2, 0.25) is 0 Å². The second-order valence-corrected chi connectivity index (χ2v) is 7.05. The summed E-state index contributed by atoms with van der Waals surface area (Å²) in [6.07, 6.45) is 2.42. The van der Waals surface area contributed by atoms with Crippen LogP contribution in [0.5, 0.6) is 0 Å². The molecule has 1 N–H and O–H groups in total. The maximum absolute atomic E-state index is 12.6. The van der Waals surface area contributed by atoms with E-state index in [1.165, 1.54) is 5.56 Å². The molecule has 0 radical (unpaired) electrons. The molecular weight excluding hydrogens is 338 g/mol. The van der Waals surface area contributed by atoms with Gasteiger partial charge in [0.15, 0.2) is 0 Å². The van der Waals surface area contributed by atoms with Gasteiger partial charge in [0.05, 0.1) is 11.0 Å². The van der Waals surface area contributed by atoms with Crippen LogP contribution in [-0.4, -0.2) is 60.3 Å². The summed E-state index contributed by atoms with van der Waals surface area (Å²) < 4.78 is 1.61. The SMILES string of the molecule is CN1CCN(c2ccc3ncn(C(=O)NCCc4ccccc4)c3c2)CC1. The van der Waals surface area contributed by atoms with Crippen LogP contribution in [-0.2, 0) is 6.42 Å². The number of carbonyl (C=O) groups is 1. The van der Waals surface area contributed by atoms with Crippen molar-refractivity contribution in [3.05, 3.63) is 60.4 Å². The number of fused-ring (bicyclic) bond motifs is 1. The molecule has 0 aliphatic carbocycles. The normalized spacial score (nSPS) is 15.2. The fraction of sp³-hybridized carbons (Fsp3) is 0.333. The van der Waals surface area contributed by atoms with Crippen molar-refractivity contribution in [1.29, 1.82) is 0 Å². The van der Waals surface area contributed by atoms with Crippen molar-refractivity contribution in [2.24, 2.45) is 0 Å². The highest BCUT2D eigenvalue weighted by Crippen LogP contribution is 2.22. The Morgan fingerprint density at radius 2 is 1.85 bits per heavy atom. The van der Waals surface area contributed by atoms with Crippen LogP contribution in [0.4, 0.5) is 10.5 Å². The fourth-order valence-electron chi connectivity index (χ4n) is 3.46. The molecule has 1 aliphatic rings. The summed E-state index contributed by atoms with van der Waals surface area (Å²) in [6, 6.07) is 16.2. The second kappa shape index (κ2) is 7.80. The summed E-state index contributed by atoms with van der Waals surface area (Å²) in [5.41, 5.74) is 4.05. The summed E-state index contributed by atoms with van der Waals surface area (Å²) in [6.45, 7) is 4.70. The molecule has 1 fully saturated rings. The number of amides is 1. The van der Waals surface area contributed by atoms with Gasteiger partial charge in [0.2, 0.25) is 0 Å². The molecule has 1 saturated heterocycles. The van der Waals surface area contributed by atoms with Crippen LogP contribution >= 0.6 is 0 Å². The van der Waals surface area contributed by atoms with Gasteiger partial charge in [-0.05, 0) is 37.2 Å². The molecule has 0 bridgehead atoms. The number of benzene rings is 2. The fourth-order valence-corrected chi connectivity index (χ4v) is 3.46. The molecule has 0 saturated carbocycles. The van der Waals surface area contributed by atoms with Crippen molar-refractivity contribution < 1.29 is 4.79 Å². The Balaban J connectivity index is 1.46. The van der Waals surface area contributed by atoms with Gasteiger partial charge in [-0.3, -0.25) is 4.57 Å². The Kier molecular flexibility index (Phi) is 5.07. The molecule has 27 heavy (non-hydrogen) atoms. The number of nitrogens with zero attached hydrogens (tertiary/aromatic N) is 4. The van der Waals surface area contributed by atoms with Crippen LogP contribution < -0.4 is 10.2 Å². The standard InChI is InChI=1S/C21H25N5O/c1-24-11-13-25(14-12-24)18-7-8-19-20(15-18)26(16-23-19)21(27)22-10-9-17-5-3-2-4-6-17/h2-8,15-16H,9-14H2,1H3,(H,22,27). The van der Waals surface area contributed by atoms with E-state index < -0.39 is 0 Å². The number of rotatable bonds is 4. The number of aromatic nitrogens is 2. The van der Waals surface area contributed by atoms with Gasteiger partial charge in [0, 0.05) is 38.4 Å². The van der Waals surface area contributed by atoms with Crippen molar-refractivity contribution in [2.75, 3.05) is 44.7 Å². The number of carbonyl (C=O) groups excluding carboxylic acids is 1. The maximum Gasteiger partial charge on any atom is 0.327 e. The van der Waals surface area contributed by atoms with E-state index in [9.17, 15) is 4.79 Å². The van der Waals surface area contributed by atoms with Crippen molar-refractivity contribution in [1.82, 2.24) is 19.8 Å². The molecule has 140 valence electrons. The van der Waals surface area contributed by atoms with E-state index in [1.807, 2.05) is 24.3 Å². The molecule has 4 rings (SSSR count). The third-order valence-corrected chi connectivity index (χ3v) is 5.15. The summed E-state index contributed by atoms with van der Waals surface area (Å²) in [5.74, 6) is 0. The topological polar surface area (TPSA) is 53.4 Å². The molecule has 6 nitrogen and oxygen atoms in total. The number of anilines is 1. The van der Waals surface area contributed by atoms with Crippen LogP contribution in [0.25, 0.3) is 11.0 Å². The Morgan fingerprint density at radius 1 is 1.07 bits per heavy atom. The minimum Gasteiger partial charge on any atom is -0.369 e. The Morgan fingerprint density at radius 3 is 2.63 bits per heavy atom. The first-order chi connectivity index (χ1) is 13.2. The van der Waals surface area contributed by atoms with Gasteiger partial charge in [-0.15, -0.1) is 0 Å². The van der Waals surface area contributed by atoms with Gasteiger partial charge in [-0.25, -0.2) is 9.78 Å². The van der Waals surface area contributed by atoms with E-state index >= 15 is 0 Å². The number of hydrogen-bond acceptors (Lipinski definition) is 4. The van der Waals surface area contributed by atoms with E-state index in [0.717, 1.165) is 49.3 Å². The van der Waals surface area contributed by atoms with Gasteiger partial charge in [0.25, 0.3) is 0 Å². The van der Waals surface area contributed by atoms with E-state index in [-0.39, 0.29) is 6.03 Å². The first kappa shape index (κ1) is 17.5. The molecule has 6 heteroatoms. The van der Waals surface area contributed by atoms with E-state index in [0.29, 0.717) is 6.54 Å². The predicted molar refractivity (Wildman–Crippen MR) is 108 cm³/mol. The maximum atomic E-state index is 12.6. The van der Waals surface area contributed by atoms with Crippen LogP contribution in [0.15, 0.2) is 54.9 Å². The van der Waals surface area contributed by atoms with E-state index in [2.05, 4.69) is 51.4 Å². The van der Waals surface area contributed by atoms with Crippen molar-refractivity contribution in [2.45, 2.75) is 6.42 Å². The molecule has 2 aromatic carbocycles. The minimum atomic E-state index is -0.135. The van der Waals surface area contributed by atoms with Crippen molar-refractivity contribution in [3.63, 3.8) is 0 Å². The number of hydrogen-bond donors (Lipinski definition) is 1. The highest BCUT2D eigenvalue weighted by Gasteiger charge is 2.16. The lowest BCUT2D eigenvalue weighted by Gasteiger charge is -2.34. The molecule has 3 aromatic rings. The predicted octanol–water partition coefficient (Wildman–Crippen LogP) is 2.59. The van der Waals surface area contributed by atoms with Gasteiger partial charge in [0.1, 0.15) is 6.33 Å². The molecule has 2 heterocycles. The third kappa shape index (κ3) is 3.95. The first-order valence-corrected chi connectivity index (χ1v) is 9.43. The van der Waals surface area contributed by atoms with Gasteiger partial charge in [-0.1, -0.05) is 30.3 Å². The largest absolute Gasteiger partial charge is 0.369 e. The minimum absolute atomic E-state index is 0.135. The zero-order valence-electron chi connectivity index (χ0n) is 15.6. The molecular formula is C21H25N5O. The number of nitrogens with one attached hydrogen (secondary N) is 1. The molecule has 0 unspecified atom stereocenters. The average Bonchev–Trinajstić information content (AvgIpc) is 3.12. The second-order valence-electron chi connectivity index (χ2n) is 7.05. The first-order valence-electron chi connectivity index (χ1n) is 9.43. The van der Waals surface area contributed by atoms with Crippen LogP contribution in [0.1, 0.15) is 5.56 Å². The van der Waals surface area contributed by atoms with E-state index in [4.69, 9.17) is 0 Å². The Hall–Kier alpha value is -2.86. The summed E-state index contributed by atoms with van der Waals surface area (Å²) in [7, 11) is 2.15. The van der Waals surface area contributed by atoms with Crippen molar-refractivity contribution in [3.8, 4) is 0 Å². The lowest BCUT2D eigenvalue weighted by molar-refractivity contribution is 0.243. The smallest absolute Gasteiger partial charge is 0.327 e. The highest BCUT2D eigenvalue weighted by atomic mass is 16.2. The lowest BCUT2D eigenvalue weighted by atomic mass is 10.1. The van der Waals surface area contributed by atoms with Crippen molar-refractivity contribution >= 4 is 22.8 Å². The Bertz CT molecular complexity index is 913. The summed E-state index contributed by atoms with van der Waals surface area (Å²) >= 11 is 0. The monoisotopic (exact) mass is 363 g/mol. The molecule has 1 aliphatic heterocycles. The average molecular weight is 363 g/mol. The molecule has 1 amide bonds. The number of piperazine rings is 1. The highest BCUT2D eigenvalue weighted by molar-refractivity contribution is 5.90. The van der Waals surface area contributed by atoms with Gasteiger partial charge < -0.3 is 15.1 Å². The summed E-state index contributed by atoms with van der Waals surface area (Å²) in [5, 5.41) is 2.99. The van der Waals surface area contributed by atoms with Gasteiger partial charge >= 0.3 is 6.03 Å². The zero-order chi connectivity index (χ0) is 18.6. The third-order valence-electron chi connectivity index (χ3n) is 5.15. The number of imidazole rings is 1. The molecule has 1 aromatic heterocycles. The lowest BCUT2D eigenvalue weighted by Crippen LogP contribution is -2.44. The Labute approximate surface area is 159 Å². The molecule has 0 atom stereocenters. The van der Waals surface area contributed by atoms with Crippen LogP contribution in [0.3, 0.4) is 0 Å². The van der Waals surface area contributed by atoms with Crippen LogP contribution in [0, 0.1) is 0 Å². The molecule has 0 spiro atoms. The number of likely N-dealkylation sites (N-methyl/N-ethyl adjacent to an activating group) is 1. The summed E-state index contributed by atoms with van der Waals surface area (Å²) in [4.78, 5) is 21.7.